The van der Waals surface area contributed by atoms with Gasteiger partial charge >= 0.3 is 0 Å². The molecular formula is C15H18N4. The Labute approximate surface area is 113 Å². The third-order valence-electron chi connectivity index (χ3n) is 3.52. The number of hydrogen-bond acceptors (Lipinski definition) is 4. The zero-order valence-electron chi connectivity index (χ0n) is 11.3. The van der Waals surface area contributed by atoms with Crippen molar-refractivity contribution in [2.24, 2.45) is 0 Å². The van der Waals surface area contributed by atoms with Crippen molar-refractivity contribution in [3.05, 3.63) is 36.2 Å². The SMILES string of the molecule is CCNc1nccnc1-c1ccc2c(c1)CCN2C. The predicted molar refractivity (Wildman–Crippen MR) is 78.6 cm³/mol. The molecule has 2 aromatic rings. The molecule has 1 aliphatic heterocycles. The van der Waals surface area contributed by atoms with Crippen molar-refractivity contribution in [2.75, 3.05) is 30.4 Å². The van der Waals surface area contributed by atoms with E-state index in [1.54, 1.807) is 12.4 Å². The van der Waals surface area contributed by atoms with E-state index < -0.39 is 0 Å². The lowest BCUT2D eigenvalue weighted by molar-refractivity contribution is 0.956. The summed E-state index contributed by atoms with van der Waals surface area (Å²) < 4.78 is 0. The molecule has 1 aliphatic rings. The lowest BCUT2D eigenvalue weighted by Gasteiger charge is -2.13. The molecule has 0 saturated carbocycles. The van der Waals surface area contributed by atoms with Gasteiger partial charge in [-0.05, 0) is 31.0 Å². The number of rotatable bonds is 3. The summed E-state index contributed by atoms with van der Waals surface area (Å²) in [6.07, 6.45) is 4.58. The minimum Gasteiger partial charge on any atom is -0.374 e. The lowest BCUT2D eigenvalue weighted by atomic mass is 10.1. The molecule has 0 unspecified atom stereocenters. The van der Waals surface area contributed by atoms with Gasteiger partial charge in [-0.15, -0.1) is 0 Å². The molecule has 4 heteroatoms. The first-order valence-electron chi connectivity index (χ1n) is 6.69. The van der Waals surface area contributed by atoms with Gasteiger partial charge in [0.1, 0.15) is 5.69 Å². The summed E-state index contributed by atoms with van der Waals surface area (Å²) in [7, 11) is 2.14. The van der Waals surface area contributed by atoms with Crippen molar-refractivity contribution in [2.45, 2.75) is 13.3 Å². The van der Waals surface area contributed by atoms with Gasteiger partial charge in [0.2, 0.25) is 0 Å². The topological polar surface area (TPSA) is 41.1 Å². The van der Waals surface area contributed by atoms with Crippen molar-refractivity contribution in [3.8, 4) is 11.3 Å². The van der Waals surface area contributed by atoms with Crippen LogP contribution < -0.4 is 10.2 Å². The summed E-state index contributed by atoms with van der Waals surface area (Å²) in [6.45, 7) is 4.01. The van der Waals surface area contributed by atoms with Crippen molar-refractivity contribution < 1.29 is 0 Å². The molecule has 0 aliphatic carbocycles. The number of likely N-dealkylation sites (N-methyl/N-ethyl adjacent to an activating group) is 1. The molecule has 0 amide bonds. The summed E-state index contributed by atoms with van der Waals surface area (Å²) in [4.78, 5) is 11.1. The average Bonchev–Trinajstić information content (AvgIpc) is 2.81. The van der Waals surface area contributed by atoms with Gasteiger partial charge < -0.3 is 10.2 Å². The van der Waals surface area contributed by atoms with E-state index in [1.165, 1.54) is 11.3 Å². The Balaban J connectivity index is 2.03. The molecule has 0 spiro atoms. The number of anilines is 2. The van der Waals surface area contributed by atoms with E-state index in [1.807, 2.05) is 0 Å². The molecule has 0 fully saturated rings. The number of nitrogens with zero attached hydrogens (tertiary/aromatic N) is 3. The van der Waals surface area contributed by atoms with Crippen LogP contribution in [0, 0.1) is 0 Å². The third kappa shape index (κ3) is 2.14. The van der Waals surface area contributed by atoms with Gasteiger partial charge in [0.25, 0.3) is 0 Å². The van der Waals surface area contributed by atoms with E-state index in [2.05, 4.69) is 52.4 Å². The highest BCUT2D eigenvalue weighted by Gasteiger charge is 2.17. The Bertz CT molecular complexity index is 594. The van der Waals surface area contributed by atoms with Crippen LogP contribution in [-0.2, 0) is 6.42 Å². The van der Waals surface area contributed by atoms with Gasteiger partial charge in [0.15, 0.2) is 5.82 Å². The van der Waals surface area contributed by atoms with E-state index in [0.717, 1.165) is 36.6 Å². The van der Waals surface area contributed by atoms with Crippen LogP contribution >= 0.6 is 0 Å². The van der Waals surface area contributed by atoms with Gasteiger partial charge in [-0.25, -0.2) is 4.98 Å². The average molecular weight is 254 g/mol. The van der Waals surface area contributed by atoms with Crippen LogP contribution in [0.25, 0.3) is 11.3 Å². The van der Waals surface area contributed by atoms with Crippen LogP contribution in [0.4, 0.5) is 11.5 Å². The fourth-order valence-corrected chi connectivity index (χ4v) is 2.56. The Kier molecular flexibility index (Phi) is 3.07. The minimum atomic E-state index is 0.847. The van der Waals surface area contributed by atoms with Crippen molar-refractivity contribution in [3.63, 3.8) is 0 Å². The molecule has 1 aromatic carbocycles. The third-order valence-corrected chi connectivity index (χ3v) is 3.52. The predicted octanol–water partition coefficient (Wildman–Crippen LogP) is 2.57. The summed E-state index contributed by atoms with van der Waals surface area (Å²) in [5.74, 6) is 0.858. The highest BCUT2D eigenvalue weighted by Crippen LogP contribution is 2.32. The summed E-state index contributed by atoms with van der Waals surface area (Å²) in [5.41, 5.74) is 4.80. The normalized spacial score (nSPS) is 13.5. The minimum absolute atomic E-state index is 0.847. The molecule has 3 rings (SSSR count). The summed E-state index contributed by atoms with van der Waals surface area (Å²) in [6, 6.07) is 6.55. The molecule has 0 atom stereocenters. The number of fused-ring (bicyclic) bond motifs is 1. The largest absolute Gasteiger partial charge is 0.374 e. The van der Waals surface area contributed by atoms with Crippen LogP contribution in [0.15, 0.2) is 30.6 Å². The maximum Gasteiger partial charge on any atom is 0.152 e. The lowest BCUT2D eigenvalue weighted by Crippen LogP contribution is -2.12. The fourth-order valence-electron chi connectivity index (χ4n) is 2.56. The van der Waals surface area contributed by atoms with Gasteiger partial charge in [-0.1, -0.05) is 6.07 Å². The van der Waals surface area contributed by atoms with E-state index >= 15 is 0 Å². The van der Waals surface area contributed by atoms with Crippen LogP contribution in [0.2, 0.25) is 0 Å². The standard InChI is InChI=1S/C15H18N4/c1-3-16-15-14(17-7-8-18-15)12-4-5-13-11(10-12)6-9-19(13)2/h4-5,7-8,10H,3,6,9H2,1-2H3,(H,16,18). The molecule has 1 aromatic heterocycles. The second-order valence-corrected chi connectivity index (χ2v) is 4.80. The first-order valence-corrected chi connectivity index (χ1v) is 6.69. The van der Waals surface area contributed by atoms with E-state index in [-0.39, 0.29) is 0 Å². The van der Waals surface area contributed by atoms with Gasteiger partial charge in [-0.2, -0.15) is 0 Å². The Hall–Kier alpha value is -2.10. The Morgan fingerprint density at radius 3 is 2.95 bits per heavy atom. The molecule has 0 bridgehead atoms. The van der Waals surface area contributed by atoms with E-state index in [9.17, 15) is 0 Å². The monoisotopic (exact) mass is 254 g/mol. The quantitative estimate of drug-likeness (QED) is 0.914. The van der Waals surface area contributed by atoms with Crippen molar-refractivity contribution in [1.82, 2.24) is 9.97 Å². The van der Waals surface area contributed by atoms with E-state index in [4.69, 9.17) is 0 Å². The number of nitrogens with one attached hydrogen (secondary N) is 1. The molecule has 2 heterocycles. The molecule has 98 valence electrons. The highest BCUT2D eigenvalue weighted by molar-refractivity contribution is 5.75. The smallest absolute Gasteiger partial charge is 0.152 e. The second-order valence-electron chi connectivity index (χ2n) is 4.80. The van der Waals surface area contributed by atoms with Crippen molar-refractivity contribution >= 4 is 11.5 Å². The molecule has 0 radical (unpaired) electrons. The molecular weight excluding hydrogens is 236 g/mol. The molecule has 4 nitrogen and oxygen atoms in total. The number of benzene rings is 1. The first kappa shape index (κ1) is 12.0. The van der Waals surface area contributed by atoms with Crippen LogP contribution in [0.1, 0.15) is 12.5 Å². The second kappa shape index (κ2) is 4.88. The highest BCUT2D eigenvalue weighted by atomic mass is 15.1. The summed E-state index contributed by atoms with van der Waals surface area (Å²) in [5, 5.41) is 3.27. The number of aromatic nitrogens is 2. The maximum atomic E-state index is 4.47. The molecule has 0 saturated heterocycles. The zero-order valence-corrected chi connectivity index (χ0v) is 11.3. The Morgan fingerprint density at radius 1 is 1.26 bits per heavy atom. The summed E-state index contributed by atoms with van der Waals surface area (Å²) >= 11 is 0. The van der Waals surface area contributed by atoms with Crippen molar-refractivity contribution in [1.29, 1.82) is 0 Å². The van der Waals surface area contributed by atoms with Crippen LogP contribution in [0.5, 0.6) is 0 Å². The maximum absolute atomic E-state index is 4.47. The van der Waals surface area contributed by atoms with E-state index in [0.29, 0.717) is 0 Å². The van der Waals surface area contributed by atoms with Crippen LogP contribution in [0.3, 0.4) is 0 Å². The Morgan fingerprint density at radius 2 is 2.11 bits per heavy atom. The van der Waals surface area contributed by atoms with Gasteiger partial charge in [0.05, 0.1) is 0 Å². The van der Waals surface area contributed by atoms with Gasteiger partial charge in [-0.3, -0.25) is 4.98 Å². The molecule has 19 heavy (non-hydrogen) atoms. The molecule has 1 N–H and O–H groups in total. The van der Waals surface area contributed by atoms with Gasteiger partial charge in [0, 0.05) is 43.8 Å². The zero-order chi connectivity index (χ0) is 13.2. The first-order chi connectivity index (χ1) is 9.29. The van der Waals surface area contributed by atoms with Crippen LogP contribution in [-0.4, -0.2) is 30.1 Å². The fraction of sp³-hybridized carbons (Fsp3) is 0.333. The number of hydrogen-bond donors (Lipinski definition) is 1.